The van der Waals surface area contributed by atoms with Crippen molar-refractivity contribution in [2.24, 2.45) is 0 Å². The second-order valence-corrected chi connectivity index (χ2v) is 4.20. The highest BCUT2D eigenvalue weighted by Gasteiger charge is 2.14. The summed E-state index contributed by atoms with van der Waals surface area (Å²) in [5.41, 5.74) is 1.10. The zero-order valence-corrected chi connectivity index (χ0v) is 10.8. The monoisotopic (exact) mass is 248 g/mol. The average Bonchev–Trinajstić information content (AvgIpc) is 2.42. The maximum absolute atomic E-state index is 5.78. The Morgan fingerprint density at radius 1 is 1.28 bits per heavy atom. The normalized spacial score (nSPS) is 17.2. The topological polar surface area (TPSA) is 27.7 Å². The van der Waals surface area contributed by atoms with Crippen LogP contribution in [0.15, 0.2) is 30.3 Å². The molecule has 18 heavy (non-hydrogen) atoms. The van der Waals surface area contributed by atoms with Crippen molar-refractivity contribution in [3.05, 3.63) is 35.9 Å². The number of ether oxygens (including phenoxy) is 3. The van der Waals surface area contributed by atoms with Gasteiger partial charge < -0.3 is 14.2 Å². The molecule has 0 aliphatic carbocycles. The molecule has 1 saturated heterocycles. The summed E-state index contributed by atoms with van der Waals surface area (Å²) in [4.78, 5) is 0. The highest BCUT2D eigenvalue weighted by molar-refractivity contribution is 5.56. The average molecular weight is 248 g/mol. The van der Waals surface area contributed by atoms with Crippen LogP contribution < -0.4 is 4.74 Å². The number of allylic oxidation sites excluding steroid dienone is 1. The molecule has 0 radical (unpaired) electrons. The summed E-state index contributed by atoms with van der Waals surface area (Å²) in [6.07, 6.45) is 5.71. The molecule has 1 aliphatic heterocycles. The molecule has 0 atom stereocenters. The molecule has 2 rings (SSSR count). The van der Waals surface area contributed by atoms with Gasteiger partial charge in [-0.05, 0) is 19.4 Å². The highest BCUT2D eigenvalue weighted by Crippen LogP contribution is 2.20. The van der Waals surface area contributed by atoms with Crippen molar-refractivity contribution in [2.45, 2.75) is 26.1 Å². The molecule has 0 saturated carbocycles. The lowest BCUT2D eigenvalue weighted by atomic mass is 10.2. The SMILES string of the molecule is CC=Cc1ccccc1OCCC1OCCCO1. The number of hydrogen-bond donors (Lipinski definition) is 0. The molecular weight excluding hydrogens is 228 g/mol. The summed E-state index contributed by atoms with van der Waals surface area (Å²) in [5, 5.41) is 0. The third-order valence-corrected chi connectivity index (χ3v) is 2.77. The van der Waals surface area contributed by atoms with Gasteiger partial charge in [0, 0.05) is 12.0 Å². The molecule has 1 heterocycles. The van der Waals surface area contributed by atoms with E-state index in [-0.39, 0.29) is 6.29 Å². The molecule has 0 amide bonds. The predicted octanol–water partition coefficient (Wildman–Crippen LogP) is 3.25. The minimum absolute atomic E-state index is 0.104. The van der Waals surface area contributed by atoms with Crippen molar-refractivity contribution in [2.75, 3.05) is 19.8 Å². The van der Waals surface area contributed by atoms with Gasteiger partial charge in [0.05, 0.1) is 19.8 Å². The Morgan fingerprint density at radius 2 is 2.06 bits per heavy atom. The molecule has 1 aromatic rings. The fraction of sp³-hybridized carbons (Fsp3) is 0.467. The van der Waals surface area contributed by atoms with E-state index in [1.54, 1.807) is 0 Å². The van der Waals surface area contributed by atoms with Crippen molar-refractivity contribution in [1.29, 1.82) is 0 Å². The maximum atomic E-state index is 5.78. The van der Waals surface area contributed by atoms with Crippen LogP contribution in [-0.4, -0.2) is 26.1 Å². The van der Waals surface area contributed by atoms with Crippen molar-refractivity contribution in [1.82, 2.24) is 0 Å². The maximum Gasteiger partial charge on any atom is 0.160 e. The van der Waals surface area contributed by atoms with Gasteiger partial charge in [0.25, 0.3) is 0 Å². The second kappa shape index (κ2) is 7.19. The Hall–Kier alpha value is -1.32. The Labute approximate surface area is 108 Å². The number of hydrogen-bond acceptors (Lipinski definition) is 3. The first-order chi connectivity index (χ1) is 8.90. The molecule has 3 heteroatoms. The first-order valence-corrected chi connectivity index (χ1v) is 6.48. The molecule has 0 unspecified atom stereocenters. The molecular formula is C15H20O3. The summed E-state index contributed by atoms with van der Waals surface area (Å²) in [6, 6.07) is 8.02. The predicted molar refractivity (Wildman–Crippen MR) is 71.6 cm³/mol. The molecule has 98 valence electrons. The van der Waals surface area contributed by atoms with Crippen LogP contribution in [0.3, 0.4) is 0 Å². The molecule has 3 nitrogen and oxygen atoms in total. The van der Waals surface area contributed by atoms with Gasteiger partial charge in [0.15, 0.2) is 6.29 Å². The van der Waals surface area contributed by atoms with Gasteiger partial charge in [-0.2, -0.15) is 0 Å². The van der Waals surface area contributed by atoms with E-state index in [9.17, 15) is 0 Å². The third kappa shape index (κ3) is 3.86. The van der Waals surface area contributed by atoms with E-state index in [0.717, 1.165) is 37.4 Å². The smallest absolute Gasteiger partial charge is 0.160 e. The van der Waals surface area contributed by atoms with Crippen LogP contribution in [0.25, 0.3) is 6.08 Å². The molecule has 0 spiro atoms. The number of para-hydroxylation sites is 1. The summed E-state index contributed by atoms with van der Waals surface area (Å²) in [5.74, 6) is 0.909. The van der Waals surface area contributed by atoms with E-state index in [0.29, 0.717) is 6.61 Å². The molecule has 0 aromatic heterocycles. The minimum Gasteiger partial charge on any atom is -0.493 e. The van der Waals surface area contributed by atoms with Crippen LogP contribution in [0.2, 0.25) is 0 Å². The molecule has 1 aromatic carbocycles. The number of benzene rings is 1. The lowest BCUT2D eigenvalue weighted by Crippen LogP contribution is -2.26. The van der Waals surface area contributed by atoms with Crippen molar-refractivity contribution in [3.8, 4) is 5.75 Å². The van der Waals surface area contributed by atoms with Gasteiger partial charge in [-0.3, -0.25) is 0 Å². The Morgan fingerprint density at radius 3 is 2.83 bits per heavy atom. The van der Waals surface area contributed by atoms with E-state index >= 15 is 0 Å². The van der Waals surface area contributed by atoms with Gasteiger partial charge >= 0.3 is 0 Å². The van der Waals surface area contributed by atoms with Crippen LogP contribution in [0.5, 0.6) is 5.75 Å². The fourth-order valence-electron chi connectivity index (χ4n) is 1.90. The zero-order valence-electron chi connectivity index (χ0n) is 10.8. The zero-order chi connectivity index (χ0) is 12.6. The lowest BCUT2D eigenvalue weighted by Gasteiger charge is -2.23. The van der Waals surface area contributed by atoms with Crippen LogP contribution >= 0.6 is 0 Å². The fourth-order valence-corrected chi connectivity index (χ4v) is 1.90. The Balaban J connectivity index is 1.82. The van der Waals surface area contributed by atoms with Gasteiger partial charge in [-0.25, -0.2) is 0 Å². The van der Waals surface area contributed by atoms with E-state index in [4.69, 9.17) is 14.2 Å². The largest absolute Gasteiger partial charge is 0.493 e. The van der Waals surface area contributed by atoms with E-state index in [1.807, 2.05) is 43.3 Å². The van der Waals surface area contributed by atoms with E-state index in [2.05, 4.69) is 0 Å². The van der Waals surface area contributed by atoms with Gasteiger partial charge in [-0.1, -0.05) is 30.4 Å². The lowest BCUT2D eigenvalue weighted by molar-refractivity contribution is -0.183. The molecule has 0 N–H and O–H groups in total. The van der Waals surface area contributed by atoms with Crippen LogP contribution in [0.1, 0.15) is 25.3 Å². The summed E-state index contributed by atoms with van der Waals surface area (Å²) in [6.45, 7) is 4.19. The van der Waals surface area contributed by atoms with Crippen molar-refractivity contribution in [3.63, 3.8) is 0 Å². The van der Waals surface area contributed by atoms with E-state index < -0.39 is 0 Å². The quantitative estimate of drug-likeness (QED) is 0.800. The van der Waals surface area contributed by atoms with Gasteiger partial charge in [-0.15, -0.1) is 0 Å². The first kappa shape index (κ1) is 13.1. The summed E-state index contributed by atoms with van der Waals surface area (Å²) < 4.78 is 16.7. The van der Waals surface area contributed by atoms with Crippen LogP contribution in [0.4, 0.5) is 0 Å². The van der Waals surface area contributed by atoms with Crippen LogP contribution in [0, 0.1) is 0 Å². The standard InChI is InChI=1S/C15H20O3/c1-2-6-13-7-3-4-8-14(13)16-12-9-15-17-10-5-11-18-15/h2-4,6-8,15H,5,9-12H2,1H3. The van der Waals surface area contributed by atoms with Crippen molar-refractivity contribution < 1.29 is 14.2 Å². The van der Waals surface area contributed by atoms with Gasteiger partial charge in [0.2, 0.25) is 0 Å². The number of rotatable bonds is 5. The molecule has 1 fully saturated rings. The molecule has 0 bridgehead atoms. The summed E-state index contributed by atoms with van der Waals surface area (Å²) >= 11 is 0. The highest BCUT2D eigenvalue weighted by atomic mass is 16.7. The molecule has 1 aliphatic rings. The summed E-state index contributed by atoms with van der Waals surface area (Å²) in [7, 11) is 0. The van der Waals surface area contributed by atoms with Crippen molar-refractivity contribution >= 4 is 6.08 Å². The second-order valence-electron chi connectivity index (χ2n) is 4.20. The van der Waals surface area contributed by atoms with Gasteiger partial charge in [0.1, 0.15) is 5.75 Å². The van der Waals surface area contributed by atoms with Crippen LogP contribution in [-0.2, 0) is 9.47 Å². The third-order valence-electron chi connectivity index (χ3n) is 2.77. The Kier molecular flexibility index (Phi) is 5.24. The minimum atomic E-state index is -0.104. The first-order valence-electron chi connectivity index (χ1n) is 6.48. The Bertz CT molecular complexity index is 381. The van der Waals surface area contributed by atoms with E-state index in [1.165, 1.54) is 0 Å².